The molecule has 0 atom stereocenters. The minimum atomic E-state index is -0.259. The van der Waals surface area contributed by atoms with Gasteiger partial charge in [-0.25, -0.2) is 4.79 Å². The summed E-state index contributed by atoms with van der Waals surface area (Å²) in [7, 11) is 0. The minimum absolute atomic E-state index is 0.259. The fourth-order valence-electron chi connectivity index (χ4n) is 3.31. The van der Waals surface area contributed by atoms with Crippen molar-refractivity contribution in [3.63, 3.8) is 0 Å². The van der Waals surface area contributed by atoms with E-state index in [0.29, 0.717) is 12.4 Å². The highest BCUT2D eigenvalue weighted by molar-refractivity contribution is 5.68. The third-order valence-electron chi connectivity index (χ3n) is 4.90. The van der Waals surface area contributed by atoms with Gasteiger partial charge < -0.3 is 4.74 Å². The van der Waals surface area contributed by atoms with Gasteiger partial charge in [0, 0.05) is 18.2 Å². The molecule has 0 saturated heterocycles. The summed E-state index contributed by atoms with van der Waals surface area (Å²) in [5.74, 6) is 1.06. The van der Waals surface area contributed by atoms with Crippen LogP contribution in [0.25, 0.3) is 11.3 Å². The first-order chi connectivity index (χ1) is 12.0. The van der Waals surface area contributed by atoms with Crippen LogP contribution in [-0.4, -0.2) is 9.55 Å². The second-order valence-electron chi connectivity index (χ2n) is 6.63. The molecule has 4 nitrogen and oxygen atoms in total. The molecule has 0 unspecified atom stereocenters. The van der Waals surface area contributed by atoms with Crippen LogP contribution in [0.5, 0.6) is 11.6 Å². The molecule has 25 heavy (non-hydrogen) atoms. The van der Waals surface area contributed by atoms with E-state index in [4.69, 9.17) is 4.74 Å². The van der Waals surface area contributed by atoms with E-state index in [0.717, 1.165) is 29.0 Å². The first kappa shape index (κ1) is 15.6. The van der Waals surface area contributed by atoms with Crippen LogP contribution < -0.4 is 10.4 Å². The molecular weight excluding hydrogens is 312 g/mol. The Balaban J connectivity index is 1.84. The highest BCUT2D eigenvalue weighted by Gasteiger charge is 2.20. The highest BCUT2D eigenvalue weighted by atomic mass is 16.5. The van der Waals surface area contributed by atoms with Crippen molar-refractivity contribution in [1.29, 1.82) is 0 Å². The molecular formula is C21H20N2O2. The molecule has 4 heteroatoms. The predicted octanol–water partition coefficient (Wildman–Crippen LogP) is 4.18. The van der Waals surface area contributed by atoms with Gasteiger partial charge in [0.1, 0.15) is 5.75 Å². The lowest BCUT2D eigenvalue weighted by atomic mass is 9.93. The lowest BCUT2D eigenvalue weighted by molar-refractivity contribution is 0.450. The van der Waals surface area contributed by atoms with Crippen molar-refractivity contribution in [3.8, 4) is 22.9 Å². The number of hydrogen-bond donors (Lipinski definition) is 0. The van der Waals surface area contributed by atoms with Crippen molar-refractivity contribution < 1.29 is 4.74 Å². The first-order valence-corrected chi connectivity index (χ1v) is 8.49. The third kappa shape index (κ3) is 2.74. The molecule has 3 aromatic rings. The van der Waals surface area contributed by atoms with Crippen LogP contribution in [0.2, 0.25) is 0 Å². The van der Waals surface area contributed by atoms with Gasteiger partial charge in [-0.15, -0.1) is 0 Å². The van der Waals surface area contributed by atoms with Crippen molar-refractivity contribution in [1.82, 2.24) is 9.55 Å². The molecule has 0 radical (unpaired) electrons. The molecule has 0 fully saturated rings. The molecule has 1 aliphatic rings. The molecule has 0 N–H and O–H groups in total. The summed E-state index contributed by atoms with van der Waals surface area (Å²) >= 11 is 0. The van der Waals surface area contributed by atoms with Crippen LogP contribution in [-0.2, 0) is 13.0 Å². The lowest BCUT2D eigenvalue weighted by Gasteiger charge is -2.23. The van der Waals surface area contributed by atoms with E-state index in [2.05, 4.69) is 31.0 Å². The molecule has 0 amide bonds. The van der Waals surface area contributed by atoms with E-state index < -0.39 is 0 Å². The number of aromatic nitrogens is 2. The quantitative estimate of drug-likeness (QED) is 0.707. The Hall–Kier alpha value is -2.88. The van der Waals surface area contributed by atoms with Gasteiger partial charge in [0.05, 0.1) is 5.69 Å². The number of aryl methyl sites for hydroxylation is 4. The number of rotatable bonds is 2. The van der Waals surface area contributed by atoms with Crippen LogP contribution in [0, 0.1) is 20.8 Å². The topological polar surface area (TPSA) is 44.1 Å². The summed E-state index contributed by atoms with van der Waals surface area (Å²) in [5.41, 5.74) is 6.50. The van der Waals surface area contributed by atoms with Gasteiger partial charge in [0.15, 0.2) is 0 Å². The van der Waals surface area contributed by atoms with Crippen LogP contribution in [0.1, 0.15) is 22.3 Å². The third-order valence-corrected chi connectivity index (χ3v) is 4.90. The van der Waals surface area contributed by atoms with E-state index in [-0.39, 0.29) is 5.69 Å². The van der Waals surface area contributed by atoms with Crippen molar-refractivity contribution in [3.05, 3.63) is 75.2 Å². The minimum Gasteiger partial charge on any atom is -0.439 e. The molecule has 0 saturated carbocycles. The first-order valence-electron chi connectivity index (χ1n) is 8.49. The molecule has 1 aliphatic heterocycles. The number of fused-ring (bicyclic) bond motifs is 3. The largest absolute Gasteiger partial charge is 0.439 e. The molecule has 1 aromatic heterocycles. The maximum absolute atomic E-state index is 12.5. The lowest BCUT2D eigenvalue weighted by Crippen LogP contribution is -2.28. The zero-order chi connectivity index (χ0) is 17.6. The Labute approximate surface area is 146 Å². The normalized spacial score (nSPS) is 12.4. The average Bonchev–Trinajstić information content (AvgIpc) is 2.58. The Kier molecular flexibility index (Phi) is 3.68. The van der Waals surface area contributed by atoms with Gasteiger partial charge in [-0.3, -0.25) is 4.57 Å². The zero-order valence-corrected chi connectivity index (χ0v) is 14.7. The molecule has 2 heterocycles. The van der Waals surface area contributed by atoms with Gasteiger partial charge >= 0.3 is 5.69 Å². The summed E-state index contributed by atoms with van der Waals surface area (Å²) in [6, 6.07) is 14.0. The van der Waals surface area contributed by atoms with Crippen LogP contribution in [0.3, 0.4) is 0 Å². The Bertz CT molecular complexity index is 1030. The molecule has 0 aliphatic carbocycles. The molecule has 0 bridgehead atoms. The molecule has 0 spiro atoms. The number of hydrogen-bond acceptors (Lipinski definition) is 3. The smallest absolute Gasteiger partial charge is 0.351 e. The fourth-order valence-corrected chi connectivity index (χ4v) is 3.31. The Morgan fingerprint density at radius 1 is 1.00 bits per heavy atom. The SMILES string of the molecule is Cc1cc2c(cc1C)-c1cc(Oc3ccccc3C)nc(=O)n1CC2. The summed E-state index contributed by atoms with van der Waals surface area (Å²) in [5, 5.41) is 0. The highest BCUT2D eigenvalue weighted by Crippen LogP contribution is 2.33. The maximum atomic E-state index is 12.5. The fraction of sp³-hybridized carbons (Fsp3) is 0.238. The van der Waals surface area contributed by atoms with Crippen molar-refractivity contribution in [2.45, 2.75) is 33.7 Å². The van der Waals surface area contributed by atoms with E-state index in [1.54, 1.807) is 4.57 Å². The Morgan fingerprint density at radius 3 is 2.56 bits per heavy atom. The van der Waals surface area contributed by atoms with Crippen LogP contribution in [0.15, 0.2) is 47.3 Å². The molecule has 126 valence electrons. The van der Waals surface area contributed by atoms with E-state index in [9.17, 15) is 4.79 Å². The van der Waals surface area contributed by atoms with Crippen molar-refractivity contribution in [2.24, 2.45) is 0 Å². The second-order valence-corrected chi connectivity index (χ2v) is 6.63. The number of para-hydroxylation sites is 1. The Morgan fingerprint density at radius 2 is 1.76 bits per heavy atom. The van der Waals surface area contributed by atoms with Crippen LogP contribution in [0.4, 0.5) is 0 Å². The van der Waals surface area contributed by atoms with Gasteiger partial charge in [0.2, 0.25) is 5.88 Å². The van der Waals surface area contributed by atoms with Gasteiger partial charge in [0.25, 0.3) is 0 Å². The zero-order valence-electron chi connectivity index (χ0n) is 14.7. The number of nitrogens with zero attached hydrogens (tertiary/aromatic N) is 2. The summed E-state index contributed by atoms with van der Waals surface area (Å²) < 4.78 is 7.64. The van der Waals surface area contributed by atoms with E-state index in [1.165, 1.54) is 16.7 Å². The summed E-state index contributed by atoms with van der Waals surface area (Å²) in [6.07, 6.45) is 0.850. The number of benzene rings is 2. The van der Waals surface area contributed by atoms with Gasteiger partial charge in [-0.1, -0.05) is 24.3 Å². The molecule has 2 aromatic carbocycles. The number of ether oxygens (including phenoxy) is 1. The van der Waals surface area contributed by atoms with Crippen LogP contribution >= 0.6 is 0 Å². The van der Waals surface area contributed by atoms with E-state index in [1.807, 2.05) is 37.3 Å². The summed E-state index contributed by atoms with van der Waals surface area (Å²) in [6.45, 7) is 6.85. The molecule has 4 rings (SSSR count). The van der Waals surface area contributed by atoms with Crippen molar-refractivity contribution >= 4 is 0 Å². The van der Waals surface area contributed by atoms with Gasteiger partial charge in [-0.2, -0.15) is 4.98 Å². The predicted molar refractivity (Wildman–Crippen MR) is 98.4 cm³/mol. The van der Waals surface area contributed by atoms with E-state index >= 15 is 0 Å². The standard InChI is InChI=1S/C21H20N2O2/c1-13-6-4-5-7-19(13)25-20-12-18-17-11-15(3)14(2)10-16(17)8-9-23(18)21(24)22-20/h4-7,10-12H,8-9H2,1-3H3. The van der Waals surface area contributed by atoms with Gasteiger partial charge in [-0.05, 0) is 61.6 Å². The summed E-state index contributed by atoms with van der Waals surface area (Å²) in [4.78, 5) is 16.6. The van der Waals surface area contributed by atoms with Crippen molar-refractivity contribution in [2.75, 3.05) is 0 Å². The average molecular weight is 332 g/mol. The second kappa shape index (κ2) is 5.88. The monoisotopic (exact) mass is 332 g/mol. The maximum Gasteiger partial charge on any atom is 0.351 e.